The Morgan fingerprint density at radius 2 is 1.94 bits per heavy atom. The number of ketones is 1. The van der Waals surface area contributed by atoms with Gasteiger partial charge in [-0.25, -0.2) is 4.79 Å². The Morgan fingerprint density at radius 1 is 1.31 bits per heavy atom. The standard InChI is InChI=1S/C9H12NO5.K/c1-14-8(12)6-5-10(9(13)15-2)4-3-7(6)11;/h3-5H2,1-2H3;/q-1;+1. The summed E-state index contributed by atoms with van der Waals surface area (Å²) in [5.41, 5.74) is 0. The number of likely N-dealkylation sites (tertiary alicyclic amines) is 1. The molecule has 84 valence electrons. The van der Waals surface area contributed by atoms with Crippen molar-refractivity contribution in [2.45, 2.75) is 6.42 Å². The van der Waals surface area contributed by atoms with Gasteiger partial charge in [0.25, 0.3) is 0 Å². The van der Waals surface area contributed by atoms with E-state index in [1.165, 1.54) is 19.1 Å². The molecule has 0 saturated carbocycles. The number of carbonyl (C=O) groups is 3. The molecular formula is C9H12KNO5. The van der Waals surface area contributed by atoms with Crippen molar-refractivity contribution >= 4 is 17.8 Å². The van der Waals surface area contributed by atoms with Crippen molar-refractivity contribution in [1.29, 1.82) is 0 Å². The third-order valence-corrected chi connectivity index (χ3v) is 2.16. The van der Waals surface area contributed by atoms with Crippen LogP contribution in [0.5, 0.6) is 0 Å². The second-order valence-corrected chi connectivity index (χ2v) is 3.03. The van der Waals surface area contributed by atoms with Crippen LogP contribution in [-0.2, 0) is 19.1 Å². The number of methoxy groups -OCH3 is 2. The number of ether oxygens (including phenoxy) is 2. The first-order chi connectivity index (χ1) is 7.10. The van der Waals surface area contributed by atoms with Crippen LogP contribution in [0.25, 0.3) is 0 Å². The smallest absolute Gasteiger partial charge is 0.491 e. The average Bonchev–Trinajstić information content (AvgIpc) is 2.27. The number of piperidine rings is 1. The van der Waals surface area contributed by atoms with Gasteiger partial charge in [0.2, 0.25) is 0 Å². The molecule has 1 fully saturated rings. The van der Waals surface area contributed by atoms with Gasteiger partial charge in [-0.2, -0.15) is 5.92 Å². The minimum absolute atomic E-state index is 0. The molecule has 0 aromatic heterocycles. The molecule has 7 heteroatoms. The summed E-state index contributed by atoms with van der Waals surface area (Å²) in [6.45, 7) is 0.226. The van der Waals surface area contributed by atoms with E-state index in [1.54, 1.807) is 0 Å². The van der Waals surface area contributed by atoms with Gasteiger partial charge >= 0.3 is 57.5 Å². The number of esters is 1. The minimum Gasteiger partial charge on any atom is -0.491 e. The summed E-state index contributed by atoms with van der Waals surface area (Å²) in [6.07, 6.45) is -0.427. The summed E-state index contributed by atoms with van der Waals surface area (Å²) in [4.78, 5) is 35.0. The maximum absolute atomic E-state index is 11.3. The molecule has 0 atom stereocenters. The first-order valence-corrected chi connectivity index (χ1v) is 4.40. The quantitative estimate of drug-likeness (QED) is 0.279. The van der Waals surface area contributed by atoms with Gasteiger partial charge < -0.3 is 19.2 Å². The Kier molecular flexibility index (Phi) is 7.24. The molecule has 1 aliphatic heterocycles. The van der Waals surface area contributed by atoms with Crippen LogP contribution in [0.2, 0.25) is 0 Å². The summed E-state index contributed by atoms with van der Waals surface area (Å²) in [5, 5.41) is 0. The van der Waals surface area contributed by atoms with Gasteiger partial charge in [-0.1, -0.05) is 6.54 Å². The number of amides is 1. The number of carbonyl (C=O) groups excluding carboxylic acids is 3. The average molecular weight is 253 g/mol. The number of hydrogen-bond donors (Lipinski definition) is 0. The summed E-state index contributed by atoms with van der Waals surface area (Å²) < 4.78 is 8.94. The van der Waals surface area contributed by atoms with Gasteiger partial charge in [-0.3, -0.25) is 4.79 Å². The number of rotatable bonds is 1. The third-order valence-electron chi connectivity index (χ3n) is 2.16. The van der Waals surface area contributed by atoms with E-state index in [0.717, 1.165) is 0 Å². The second-order valence-electron chi connectivity index (χ2n) is 3.03. The van der Waals surface area contributed by atoms with Crippen LogP contribution in [0.1, 0.15) is 6.42 Å². The van der Waals surface area contributed by atoms with Crippen molar-refractivity contribution in [3.8, 4) is 0 Å². The fourth-order valence-corrected chi connectivity index (χ4v) is 1.33. The van der Waals surface area contributed by atoms with Crippen LogP contribution >= 0.6 is 0 Å². The van der Waals surface area contributed by atoms with E-state index in [9.17, 15) is 14.4 Å². The van der Waals surface area contributed by atoms with Gasteiger partial charge in [-0.15, -0.1) is 0 Å². The Balaban J connectivity index is 0.00000225. The van der Waals surface area contributed by atoms with Crippen LogP contribution in [0, 0.1) is 5.92 Å². The molecule has 0 bridgehead atoms. The maximum Gasteiger partial charge on any atom is 1.00 e. The van der Waals surface area contributed by atoms with E-state index < -0.39 is 12.1 Å². The van der Waals surface area contributed by atoms with E-state index in [4.69, 9.17) is 0 Å². The molecule has 0 aliphatic carbocycles. The summed E-state index contributed by atoms with van der Waals surface area (Å²) in [7, 11) is 2.44. The molecule has 0 spiro atoms. The Bertz CT molecular complexity index is 286. The van der Waals surface area contributed by atoms with Crippen LogP contribution < -0.4 is 51.4 Å². The summed E-state index contributed by atoms with van der Waals surface area (Å²) in [6, 6.07) is 0. The monoisotopic (exact) mass is 253 g/mol. The van der Waals surface area contributed by atoms with Gasteiger partial charge in [0.1, 0.15) is 0 Å². The van der Waals surface area contributed by atoms with E-state index in [1.807, 2.05) is 0 Å². The molecule has 0 radical (unpaired) electrons. The molecule has 16 heavy (non-hydrogen) atoms. The number of nitrogens with zero attached hydrogens (tertiary/aromatic N) is 1. The number of Topliss-reactive ketones (excluding diaryl/α,β-unsaturated/α-hetero) is 1. The van der Waals surface area contributed by atoms with Gasteiger partial charge in [0.05, 0.1) is 14.2 Å². The Morgan fingerprint density at radius 3 is 2.44 bits per heavy atom. The van der Waals surface area contributed by atoms with Crippen molar-refractivity contribution in [1.82, 2.24) is 4.90 Å². The molecule has 1 rings (SSSR count). The van der Waals surface area contributed by atoms with Crippen molar-refractivity contribution in [3.63, 3.8) is 0 Å². The maximum atomic E-state index is 11.3. The first-order valence-electron chi connectivity index (χ1n) is 4.40. The molecule has 6 nitrogen and oxygen atoms in total. The van der Waals surface area contributed by atoms with Crippen LogP contribution in [0.15, 0.2) is 0 Å². The van der Waals surface area contributed by atoms with Gasteiger partial charge in [0, 0.05) is 12.3 Å². The van der Waals surface area contributed by atoms with E-state index >= 15 is 0 Å². The van der Waals surface area contributed by atoms with Crippen LogP contribution in [0.4, 0.5) is 4.79 Å². The molecule has 1 aliphatic rings. The van der Waals surface area contributed by atoms with Crippen molar-refractivity contribution < 1.29 is 75.2 Å². The topological polar surface area (TPSA) is 72.9 Å². The minimum atomic E-state index is -0.686. The number of hydrogen-bond acceptors (Lipinski definition) is 5. The first kappa shape index (κ1) is 15.9. The summed E-state index contributed by atoms with van der Waals surface area (Å²) in [5.74, 6) is -0.968. The normalized spacial score (nSPS) is 15.2. The molecule has 0 aromatic carbocycles. The van der Waals surface area contributed by atoms with Gasteiger partial charge in [-0.05, 0) is 6.42 Å². The fraction of sp³-hybridized carbons (Fsp3) is 0.556. The van der Waals surface area contributed by atoms with Gasteiger partial charge in [0.15, 0.2) is 5.97 Å². The molecule has 0 aromatic rings. The molecule has 0 unspecified atom stereocenters. The van der Waals surface area contributed by atoms with E-state index in [0.29, 0.717) is 0 Å². The van der Waals surface area contributed by atoms with Crippen molar-refractivity contribution in [2.75, 3.05) is 27.3 Å². The zero-order valence-electron chi connectivity index (χ0n) is 9.61. The third kappa shape index (κ3) is 3.74. The summed E-state index contributed by atoms with van der Waals surface area (Å²) >= 11 is 0. The molecule has 1 heterocycles. The molecule has 0 N–H and O–H groups in total. The fourth-order valence-electron chi connectivity index (χ4n) is 1.33. The van der Waals surface area contributed by atoms with Crippen LogP contribution in [-0.4, -0.2) is 50.1 Å². The predicted molar refractivity (Wildman–Crippen MR) is 48.9 cm³/mol. The Labute approximate surface area is 136 Å². The molecular weight excluding hydrogens is 241 g/mol. The van der Waals surface area contributed by atoms with E-state index in [-0.39, 0.29) is 82.6 Å². The zero-order valence-corrected chi connectivity index (χ0v) is 12.7. The van der Waals surface area contributed by atoms with Crippen molar-refractivity contribution in [2.24, 2.45) is 0 Å². The van der Waals surface area contributed by atoms with Crippen molar-refractivity contribution in [3.05, 3.63) is 5.92 Å². The predicted octanol–water partition coefficient (Wildman–Crippen LogP) is -3.22. The molecule has 1 amide bonds. The van der Waals surface area contributed by atoms with Crippen LogP contribution in [0.3, 0.4) is 0 Å². The van der Waals surface area contributed by atoms with E-state index in [2.05, 4.69) is 9.47 Å². The molecule has 1 saturated heterocycles. The largest absolute Gasteiger partial charge is 1.00 e. The second kappa shape index (κ2) is 7.28. The SMILES string of the molecule is COC(=O)[C-]1CN(C(=O)OC)CCC1=O.[K+]. The zero-order chi connectivity index (χ0) is 11.4. The Hall–Kier alpha value is -0.0836.